The van der Waals surface area contributed by atoms with Crippen LogP contribution in [0.5, 0.6) is 0 Å². The molecule has 0 atom stereocenters. The van der Waals surface area contributed by atoms with Gasteiger partial charge >= 0.3 is 0 Å². The average Bonchev–Trinajstić information content (AvgIpc) is 3.14. The summed E-state index contributed by atoms with van der Waals surface area (Å²) in [5, 5.41) is 13.4. The highest BCUT2D eigenvalue weighted by molar-refractivity contribution is 7.80. The largest absolute Gasteiger partial charge is 0.0622 e. The third-order valence-corrected chi connectivity index (χ3v) is 14.1. The second-order valence-electron chi connectivity index (χ2n) is 12.4. The van der Waals surface area contributed by atoms with Crippen molar-refractivity contribution in [2.75, 3.05) is 0 Å². The molecule has 0 aliphatic carbocycles. The lowest BCUT2D eigenvalue weighted by atomic mass is 9.93. The standard InChI is InChI=1S/C46H36P2/c1-33-21-27-39(28-22-33)48(40-29-23-34(2)24-30-40)44-32-26-36-14-10-12-20-42(36)46(44)45-41-19-11-9-13-35(41)25-31-43(45)47(37-15-5-3-6-16-37)38-17-7-4-8-18-38/h3-32H,1-2H3. The van der Waals surface area contributed by atoms with Gasteiger partial charge in [0, 0.05) is 0 Å². The van der Waals surface area contributed by atoms with Crippen molar-refractivity contribution in [3.63, 3.8) is 0 Å². The molecule has 0 N–H and O–H groups in total. The zero-order valence-corrected chi connectivity index (χ0v) is 29.0. The Hall–Kier alpha value is -4.86. The molecule has 48 heavy (non-hydrogen) atoms. The van der Waals surface area contributed by atoms with Gasteiger partial charge in [-0.25, -0.2) is 0 Å². The smallest absolute Gasteiger partial charge is 0.000884 e. The zero-order chi connectivity index (χ0) is 32.5. The number of aryl methyl sites for hydroxylation is 2. The Labute approximate surface area is 286 Å². The van der Waals surface area contributed by atoms with E-state index in [9.17, 15) is 0 Å². The zero-order valence-electron chi connectivity index (χ0n) is 27.2. The topological polar surface area (TPSA) is 0 Å². The van der Waals surface area contributed by atoms with Crippen LogP contribution in [0.3, 0.4) is 0 Å². The lowest BCUT2D eigenvalue weighted by Crippen LogP contribution is -2.26. The molecular formula is C46H36P2. The Kier molecular flexibility index (Phi) is 8.46. The lowest BCUT2D eigenvalue weighted by Gasteiger charge is -2.28. The predicted octanol–water partition coefficient (Wildman–Crippen LogP) is 9.79. The normalized spacial score (nSPS) is 11.5. The van der Waals surface area contributed by atoms with Crippen molar-refractivity contribution >= 4 is 69.2 Å². The third kappa shape index (κ3) is 5.77. The van der Waals surface area contributed by atoms with E-state index in [2.05, 4.69) is 196 Å². The van der Waals surface area contributed by atoms with E-state index in [4.69, 9.17) is 0 Å². The molecule has 0 saturated carbocycles. The Morgan fingerprint density at radius 1 is 0.292 bits per heavy atom. The highest BCUT2D eigenvalue weighted by atomic mass is 31.1. The predicted molar refractivity (Wildman–Crippen MR) is 214 cm³/mol. The van der Waals surface area contributed by atoms with Gasteiger partial charge in [-0.1, -0.05) is 193 Å². The maximum Gasteiger partial charge on any atom is -0.000884 e. The van der Waals surface area contributed by atoms with E-state index in [-0.39, 0.29) is 0 Å². The highest BCUT2D eigenvalue weighted by Gasteiger charge is 2.28. The maximum atomic E-state index is 2.43. The van der Waals surface area contributed by atoms with Crippen molar-refractivity contribution in [2.24, 2.45) is 0 Å². The number of hydrogen-bond acceptors (Lipinski definition) is 0. The summed E-state index contributed by atoms with van der Waals surface area (Å²) in [4.78, 5) is 0. The fourth-order valence-corrected chi connectivity index (χ4v) is 11.7. The van der Waals surface area contributed by atoms with Crippen molar-refractivity contribution < 1.29 is 0 Å². The molecule has 0 amide bonds. The summed E-state index contributed by atoms with van der Waals surface area (Å²) in [6, 6.07) is 68.2. The lowest BCUT2D eigenvalue weighted by molar-refractivity contribution is 1.49. The first-order chi connectivity index (χ1) is 23.7. The van der Waals surface area contributed by atoms with Crippen LogP contribution in [0.1, 0.15) is 11.1 Å². The Morgan fingerprint density at radius 3 is 1.02 bits per heavy atom. The van der Waals surface area contributed by atoms with Gasteiger partial charge in [0.15, 0.2) is 0 Å². The van der Waals surface area contributed by atoms with Crippen LogP contribution >= 0.6 is 15.8 Å². The molecule has 0 fully saturated rings. The van der Waals surface area contributed by atoms with Crippen molar-refractivity contribution in [1.82, 2.24) is 0 Å². The molecule has 8 rings (SSSR count). The van der Waals surface area contributed by atoms with Gasteiger partial charge in [0.1, 0.15) is 0 Å². The van der Waals surface area contributed by atoms with Gasteiger partial charge in [-0.3, -0.25) is 0 Å². The fourth-order valence-electron chi connectivity index (χ4n) is 6.81. The van der Waals surface area contributed by atoms with Crippen molar-refractivity contribution in [3.05, 3.63) is 193 Å². The monoisotopic (exact) mass is 650 g/mol. The van der Waals surface area contributed by atoms with Crippen LogP contribution in [0.2, 0.25) is 0 Å². The van der Waals surface area contributed by atoms with Gasteiger partial charge < -0.3 is 0 Å². The Balaban J connectivity index is 1.52. The molecule has 0 radical (unpaired) electrons. The average molecular weight is 651 g/mol. The SMILES string of the molecule is Cc1ccc(P(c2ccc(C)cc2)c2ccc3ccccc3c2-c2c(P(c3ccccc3)c3ccccc3)ccc3ccccc23)cc1. The summed E-state index contributed by atoms with van der Waals surface area (Å²) >= 11 is 0. The van der Waals surface area contributed by atoms with E-state index in [1.54, 1.807) is 0 Å². The molecule has 8 aromatic rings. The van der Waals surface area contributed by atoms with Crippen LogP contribution in [-0.2, 0) is 0 Å². The highest BCUT2D eigenvalue weighted by Crippen LogP contribution is 2.45. The molecule has 8 aromatic carbocycles. The summed E-state index contributed by atoms with van der Waals surface area (Å²) in [5.74, 6) is 0. The van der Waals surface area contributed by atoms with Crippen LogP contribution in [-0.4, -0.2) is 0 Å². The van der Waals surface area contributed by atoms with Crippen LogP contribution in [0.4, 0.5) is 0 Å². The summed E-state index contributed by atoms with van der Waals surface area (Å²) in [5.41, 5.74) is 5.27. The number of rotatable bonds is 7. The van der Waals surface area contributed by atoms with Crippen LogP contribution in [0.25, 0.3) is 32.7 Å². The molecule has 2 heteroatoms. The number of hydrogen-bond donors (Lipinski definition) is 0. The van der Waals surface area contributed by atoms with Crippen LogP contribution < -0.4 is 31.8 Å². The number of benzene rings is 8. The molecule has 0 heterocycles. The first kappa shape index (κ1) is 30.5. The minimum atomic E-state index is -0.877. The molecular weight excluding hydrogens is 614 g/mol. The second kappa shape index (κ2) is 13.3. The van der Waals surface area contributed by atoms with E-state index in [1.165, 1.54) is 75.6 Å². The fraction of sp³-hybridized carbons (Fsp3) is 0.0435. The van der Waals surface area contributed by atoms with Crippen LogP contribution in [0, 0.1) is 13.8 Å². The molecule has 0 aliphatic heterocycles. The minimum absolute atomic E-state index is 0.861. The molecule has 0 saturated heterocycles. The maximum absolute atomic E-state index is 2.43. The molecule has 0 unspecified atom stereocenters. The number of fused-ring (bicyclic) bond motifs is 2. The van der Waals surface area contributed by atoms with Gasteiger partial charge in [-0.05, 0) is 94.2 Å². The van der Waals surface area contributed by atoms with Crippen molar-refractivity contribution in [3.8, 4) is 11.1 Å². The quantitative estimate of drug-likeness (QED) is 0.151. The minimum Gasteiger partial charge on any atom is -0.0622 e. The molecule has 0 nitrogen and oxygen atoms in total. The summed E-state index contributed by atoms with van der Waals surface area (Å²) in [7, 11) is -1.74. The van der Waals surface area contributed by atoms with Gasteiger partial charge in [-0.15, -0.1) is 0 Å². The first-order valence-electron chi connectivity index (χ1n) is 16.5. The van der Waals surface area contributed by atoms with Crippen LogP contribution in [0.15, 0.2) is 182 Å². The van der Waals surface area contributed by atoms with Crippen molar-refractivity contribution in [1.29, 1.82) is 0 Å². The molecule has 0 bridgehead atoms. The Bertz CT molecular complexity index is 2260. The Morgan fingerprint density at radius 2 is 0.625 bits per heavy atom. The molecule has 0 aliphatic rings. The van der Waals surface area contributed by atoms with E-state index in [0.717, 1.165) is 0 Å². The van der Waals surface area contributed by atoms with Gasteiger partial charge in [-0.2, -0.15) is 0 Å². The molecule has 230 valence electrons. The van der Waals surface area contributed by atoms with Gasteiger partial charge in [0.2, 0.25) is 0 Å². The summed E-state index contributed by atoms with van der Waals surface area (Å²) in [6.45, 7) is 4.36. The summed E-state index contributed by atoms with van der Waals surface area (Å²) < 4.78 is 0. The molecule has 0 aromatic heterocycles. The second-order valence-corrected chi connectivity index (χ2v) is 16.7. The van der Waals surface area contributed by atoms with Gasteiger partial charge in [0.05, 0.1) is 0 Å². The van der Waals surface area contributed by atoms with E-state index in [0.29, 0.717) is 0 Å². The van der Waals surface area contributed by atoms with E-state index in [1.807, 2.05) is 0 Å². The van der Waals surface area contributed by atoms with E-state index < -0.39 is 15.8 Å². The van der Waals surface area contributed by atoms with E-state index >= 15 is 0 Å². The molecule has 0 spiro atoms. The first-order valence-corrected chi connectivity index (χ1v) is 19.2. The van der Waals surface area contributed by atoms with Gasteiger partial charge in [0.25, 0.3) is 0 Å². The third-order valence-electron chi connectivity index (χ3n) is 9.16. The van der Waals surface area contributed by atoms with Crippen molar-refractivity contribution in [2.45, 2.75) is 13.8 Å². The summed E-state index contributed by atoms with van der Waals surface area (Å²) in [6.07, 6.45) is 0.